The molecule has 0 spiro atoms. The van der Waals surface area contributed by atoms with Crippen molar-refractivity contribution in [2.24, 2.45) is 11.8 Å². The van der Waals surface area contributed by atoms with Crippen LogP contribution in [0.2, 0.25) is 0 Å². The maximum absolute atomic E-state index is 13.0. The van der Waals surface area contributed by atoms with Crippen LogP contribution in [0, 0.1) is 11.8 Å². The Morgan fingerprint density at radius 3 is 2.71 bits per heavy atom. The van der Waals surface area contributed by atoms with Crippen molar-refractivity contribution in [1.82, 2.24) is 10.2 Å². The van der Waals surface area contributed by atoms with Gasteiger partial charge in [-0.25, -0.2) is 0 Å². The summed E-state index contributed by atoms with van der Waals surface area (Å²) in [5.41, 5.74) is 0.365. The van der Waals surface area contributed by atoms with E-state index >= 15 is 0 Å². The van der Waals surface area contributed by atoms with E-state index in [-0.39, 0.29) is 35.1 Å². The number of phenols is 1. The number of carbonyl (C=O) groups excluding carboxylic acids is 1. The van der Waals surface area contributed by atoms with E-state index in [9.17, 15) is 23.1 Å². The minimum absolute atomic E-state index is 0.0779. The lowest BCUT2D eigenvalue weighted by Crippen LogP contribution is -2.61. The number of rotatable bonds is 7. The lowest BCUT2D eigenvalue weighted by Gasteiger charge is -2.55. The second-order valence-electron chi connectivity index (χ2n) is 11.1. The van der Waals surface area contributed by atoms with E-state index in [1.165, 1.54) is 37.1 Å². The topological polar surface area (TPSA) is 61.8 Å². The Hall–Kier alpha value is -2.84. The molecule has 5 rings (SSSR count). The quantitative estimate of drug-likeness (QED) is 0.474. The number of aromatic hydroxyl groups is 1. The molecule has 4 unspecified atom stereocenters. The summed E-state index contributed by atoms with van der Waals surface area (Å²) in [6.07, 6.45) is 3.06. The van der Waals surface area contributed by atoms with Crippen molar-refractivity contribution in [3.05, 3.63) is 71.3 Å². The standard InChI is InChI=1S/C30H35F3N2O3/c1-38-27-16-24(34-28(37)11-10-20-4-2-6-23(14-20)30(31,32)33)17-29(22-5-3-7-25(36)15-22)12-13-35(19-26(27)29)18-21-8-9-21/h2-7,10-11,14-15,21,24,26-27,36H,8-9,12-13,16-19H2,1H3,(H,34,37)/b11-10+. The van der Waals surface area contributed by atoms with Crippen LogP contribution in [0.15, 0.2) is 54.6 Å². The summed E-state index contributed by atoms with van der Waals surface area (Å²) < 4.78 is 45.1. The highest BCUT2D eigenvalue weighted by molar-refractivity contribution is 5.92. The SMILES string of the molecule is COC1CC(NC(=O)/C=C/c2cccc(C(F)(F)F)c2)CC2(c3cccc(O)c3)CCN(CC3CC3)CC12. The van der Waals surface area contributed by atoms with Crippen molar-refractivity contribution in [2.45, 2.75) is 55.8 Å². The predicted octanol–water partition coefficient (Wildman–Crippen LogP) is 5.39. The zero-order chi connectivity index (χ0) is 26.9. The van der Waals surface area contributed by atoms with Crippen LogP contribution in [0.4, 0.5) is 13.2 Å². The maximum atomic E-state index is 13.0. The Kier molecular flexibility index (Phi) is 7.56. The van der Waals surface area contributed by atoms with E-state index in [4.69, 9.17) is 4.74 Å². The van der Waals surface area contributed by atoms with Crippen LogP contribution >= 0.6 is 0 Å². The largest absolute Gasteiger partial charge is 0.508 e. The van der Waals surface area contributed by atoms with Gasteiger partial charge in [0.25, 0.3) is 0 Å². The highest BCUT2D eigenvalue weighted by Gasteiger charge is 2.53. The van der Waals surface area contributed by atoms with E-state index < -0.39 is 11.7 Å². The van der Waals surface area contributed by atoms with E-state index in [0.717, 1.165) is 49.7 Å². The average Bonchev–Trinajstić information content (AvgIpc) is 3.71. The summed E-state index contributed by atoms with van der Waals surface area (Å²) in [6.45, 7) is 2.99. The van der Waals surface area contributed by atoms with Crippen LogP contribution in [0.1, 0.15) is 48.8 Å². The zero-order valence-electron chi connectivity index (χ0n) is 21.6. The molecule has 3 aliphatic rings. The molecule has 204 valence electrons. The third kappa shape index (κ3) is 5.91. The predicted molar refractivity (Wildman–Crippen MR) is 139 cm³/mol. The molecular weight excluding hydrogens is 493 g/mol. The van der Waals surface area contributed by atoms with Gasteiger partial charge >= 0.3 is 6.18 Å². The van der Waals surface area contributed by atoms with Crippen LogP contribution in [0.5, 0.6) is 5.75 Å². The highest BCUT2D eigenvalue weighted by Crippen LogP contribution is 2.51. The van der Waals surface area contributed by atoms with Gasteiger partial charge in [0.15, 0.2) is 0 Å². The molecule has 0 radical (unpaired) electrons. The van der Waals surface area contributed by atoms with Crippen molar-refractivity contribution < 1.29 is 27.8 Å². The maximum Gasteiger partial charge on any atom is 0.416 e. The number of methoxy groups -OCH3 is 1. The van der Waals surface area contributed by atoms with Crippen LogP contribution in [0.25, 0.3) is 6.08 Å². The molecule has 8 heteroatoms. The van der Waals surface area contributed by atoms with Crippen LogP contribution in [-0.4, -0.2) is 54.8 Å². The lowest BCUT2D eigenvalue weighted by molar-refractivity contribution is -0.137. The van der Waals surface area contributed by atoms with E-state index in [2.05, 4.69) is 16.3 Å². The Labute approximate surface area is 221 Å². The number of likely N-dealkylation sites (tertiary alicyclic amines) is 1. The molecule has 1 aliphatic heterocycles. The number of nitrogens with one attached hydrogen (secondary N) is 1. The summed E-state index contributed by atoms with van der Waals surface area (Å²) in [5.74, 6) is 0.886. The van der Waals surface area contributed by atoms with Crippen LogP contribution in [-0.2, 0) is 21.1 Å². The second kappa shape index (κ2) is 10.7. The number of hydrogen-bond donors (Lipinski definition) is 2. The molecule has 2 saturated carbocycles. The van der Waals surface area contributed by atoms with Crippen LogP contribution < -0.4 is 5.32 Å². The fourth-order valence-electron chi connectivity index (χ4n) is 6.52. The molecule has 1 saturated heterocycles. The Bertz CT molecular complexity index is 1180. The zero-order valence-corrected chi connectivity index (χ0v) is 21.6. The van der Waals surface area contributed by atoms with Gasteiger partial charge in [-0.15, -0.1) is 0 Å². The van der Waals surface area contributed by atoms with Gasteiger partial charge < -0.3 is 20.1 Å². The molecular formula is C30H35F3N2O3. The minimum atomic E-state index is -4.44. The molecule has 1 heterocycles. The summed E-state index contributed by atoms with van der Waals surface area (Å²) >= 11 is 0. The highest BCUT2D eigenvalue weighted by atomic mass is 19.4. The van der Waals surface area contributed by atoms with E-state index in [1.807, 2.05) is 12.1 Å². The summed E-state index contributed by atoms with van der Waals surface area (Å²) in [7, 11) is 1.72. The van der Waals surface area contributed by atoms with Gasteiger partial charge in [0.2, 0.25) is 5.91 Å². The van der Waals surface area contributed by atoms with Crippen molar-refractivity contribution in [1.29, 1.82) is 0 Å². The molecule has 4 atom stereocenters. The normalized spacial score (nSPS) is 28.3. The van der Waals surface area contributed by atoms with Gasteiger partial charge in [-0.05, 0) is 86.0 Å². The van der Waals surface area contributed by atoms with Gasteiger partial charge in [-0.2, -0.15) is 13.2 Å². The number of hydrogen-bond acceptors (Lipinski definition) is 4. The molecule has 2 aliphatic carbocycles. The van der Waals surface area contributed by atoms with Crippen LogP contribution in [0.3, 0.4) is 0 Å². The summed E-state index contributed by atoms with van der Waals surface area (Å²) in [4.78, 5) is 15.4. The first kappa shape index (κ1) is 26.8. The van der Waals surface area contributed by atoms with E-state index in [1.54, 1.807) is 13.2 Å². The monoisotopic (exact) mass is 528 g/mol. The Morgan fingerprint density at radius 2 is 2.00 bits per heavy atom. The Balaban J connectivity index is 1.35. The smallest absolute Gasteiger partial charge is 0.416 e. The average molecular weight is 529 g/mol. The third-order valence-electron chi connectivity index (χ3n) is 8.54. The van der Waals surface area contributed by atoms with Gasteiger partial charge in [0.1, 0.15) is 5.75 Å². The first-order valence-corrected chi connectivity index (χ1v) is 13.4. The lowest BCUT2D eigenvalue weighted by atomic mass is 9.57. The molecule has 2 aromatic carbocycles. The van der Waals surface area contributed by atoms with E-state index in [0.29, 0.717) is 18.4 Å². The third-order valence-corrected chi connectivity index (χ3v) is 8.54. The number of nitrogens with zero attached hydrogens (tertiary/aromatic N) is 1. The number of amides is 1. The molecule has 2 aromatic rings. The molecule has 0 aromatic heterocycles. The van der Waals surface area contributed by atoms with Gasteiger partial charge in [-0.3, -0.25) is 4.79 Å². The minimum Gasteiger partial charge on any atom is -0.508 e. The Morgan fingerprint density at radius 1 is 1.21 bits per heavy atom. The first-order chi connectivity index (χ1) is 18.2. The molecule has 5 nitrogen and oxygen atoms in total. The number of alkyl halides is 3. The molecule has 0 bridgehead atoms. The summed E-state index contributed by atoms with van der Waals surface area (Å²) in [5, 5.41) is 13.4. The molecule has 2 N–H and O–H groups in total. The number of benzene rings is 2. The molecule has 3 fully saturated rings. The number of piperidine rings is 1. The second-order valence-corrected chi connectivity index (χ2v) is 11.1. The van der Waals surface area contributed by atoms with Gasteiger partial charge in [0, 0.05) is 43.7 Å². The fourth-order valence-corrected chi connectivity index (χ4v) is 6.52. The van der Waals surface area contributed by atoms with Crippen molar-refractivity contribution in [3.8, 4) is 5.75 Å². The number of carbonyl (C=O) groups is 1. The number of phenolic OH excluding ortho intramolecular Hbond substituents is 1. The molecule has 1 amide bonds. The molecule has 38 heavy (non-hydrogen) atoms. The fraction of sp³-hybridized carbons (Fsp3) is 0.500. The van der Waals surface area contributed by atoms with Crippen molar-refractivity contribution in [3.63, 3.8) is 0 Å². The van der Waals surface area contributed by atoms with Gasteiger partial charge in [-0.1, -0.05) is 24.3 Å². The number of fused-ring (bicyclic) bond motifs is 1. The van der Waals surface area contributed by atoms with Crippen molar-refractivity contribution >= 4 is 12.0 Å². The number of ether oxygens (including phenoxy) is 1. The van der Waals surface area contributed by atoms with Crippen molar-refractivity contribution in [2.75, 3.05) is 26.7 Å². The van der Waals surface area contributed by atoms with Gasteiger partial charge in [0.05, 0.1) is 11.7 Å². The summed E-state index contributed by atoms with van der Waals surface area (Å²) in [6, 6.07) is 12.2. The number of halogens is 3. The first-order valence-electron chi connectivity index (χ1n) is 13.4.